The minimum absolute atomic E-state index is 0.0303. The molecule has 0 saturated carbocycles. The van der Waals surface area contributed by atoms with Crippen molar-refractivity contribution < 1.29 is 52.7 Å². The van der Waals surface area contributed by atoms with Crippen LogP contribution in [0.4, 0.5) is 14.4 Å². The van der Waals surface area contributed by atoms with Gasteiger partial charge in [0.15, 0.2) is 11.5 Å². The number of carboxylic acid groups (broad SMARTS) is 1. The van der Waals surface area contributed by atoms with E-state index in [4.69, 9.17) is 28.4 Å². The van der Waals surface area contributed by atoms with Crippen molar-refractivity contribution in [3.05, 3.63) is 23.8 Å². The number of hydrogen-bond donors (Lipinski definition) is 2. The van der Waals surface area contributed by atoms with Crippen LogP contribution in [0.15, 0.2) is 18.2 Å². The quantitative estimate of drug-likeness (QED) is 0.147. The number of carbonyl (C=O) groups is 4. The molecule has 0 aliphatic carbocycles. The van der Waals surface area contributed by atoms with Crippen LogP contribution in [0.25, 0.3) is 0 Å². The SMILES string of the molecule is CCC(C)OC(=O)OC(C)CN[C@@H](Cc1ccc(OC(=O)OC(C)C(C)C)c(OC(=O)OC(C)C(C)C)c1)C(=O)O. The summed E-state index contributed by atoms with van der Waals surface area (Å²) in [5.74, 6) is -1.33. The molecule has 5 atom stereocenters. The highest BCUT2D eigenvalue weighted by Crippen LogP contribution is 2.30. The van der Waals surface area contributed by atoms with Gasteiger partial charge in [0.2, 0.25) is 0 Å². The van der Waals surface area contributed by atoms with E-state index in [0.29, 0.717) is 12.0 Å². The van der Waals surface area contributed by atoms with Crippen molar-refractivity contribution in [2.24, 2.45) is 11.8 Å². The Morgan fingerprint density at radius 3 is 1.73 bits per heavy atom. The second-order valence-electron chi connectivity index (χ2n) is 10.6. The summed E-state index contributed by atoms with van der Waals surface area (Å²) in [6, 6.07) is 3.21. The summed E-state index contributed by atoms with van der Waals surface area (Å²) in [6.45, 7) is 16.2. The van der Waals surface area contributed by atoms with Gasteiger partial charge < -0.3 is 38.8 Å². The summed E-state index contributed by atoms with van der Waals surface area (Å²) in [6.07, 6.45) is -4.08. The van der Waals surface area contributed by atoms with Gasteiger partial charge in [-0.3, -0.25) is 4.79 Å². The van der Waals surface area contributed by atoms with Crippen molar-refractivity contribution in [1.82, 2.24) is 5.32 Å². The van der Waals surface area contributed by atoms with Gasteiger partial charge in [0.05, 0.1) is 0 Å². The monoisotopic (exact) mass is 583 g/mol. The van der Waals surface area contributed by atoms with Crippen LogP contribution >= 0.6 is 0 Å². The van der Waals surface area contributed by atoms with E-state index in [-0.39, 0.29) is 42.4 Å². The summed E-state index contributed by atoms with van der Waals surface area (Å²) in [5, 5.41) is 12.6. The van der Waals surface area contributed by atoms with Gasteiger partial charge in [0, 0.05) is 6.54 Å². The maximum atomic E-state index is 12.5. The highest BCUT2D eigenvalue weighted by Gasteiger charge is 2.24. The van der Waals surface area contributed by atoms with E-state index in [1.807, 2.05) is 34.6 Å². The van der Waals surface area contributed by atoms with Gasteiger partial charge in [0.1, 0.15) is 30.5 Å². The molecule has 0 fully saturated rings. The van der Waals surface area contributed by atoms with Crippen molar-refractivity contribution in [3.8, 4) is 11.5 Å². The molecular weight excluding hydrogens is 538 g/mol. The summed E-state index contributed by atoms with van der Waals surface area (Å²) in [7, 11) is 0. The van der Waals surface area contributed by atoms with Gasteiger partial charge in [-0.25, -0.2) is 14.4 Å². The van der Waals surface area contributed by atoms with Gasteiger partial charge in [-0.05, 0) is 70.1 Å². The average molecular weight is 584 g/mol. The Labute approximate surface area is 241 Å². The molecule has 0 bridgehead atoms. The van der Waals surface area contributed by atoms with Gasteiger partial charge in [0.25, 0.3) is 0 Å². The predicted molar refractivity (Wildman–Crippen MR) is 149 cm³/mol. The molecule has 2 N–H and O–H groups in total. The molecule has 0 amide bonds. The van der Waals surface area contributed by atoms with Crippen LogP contribution in [0.5, 0.6) is 11.5 Å². The zero-order valence-electron chi connectivity index (χ0n) is 25.4. The van der Waals surface area contributed by atoms with Gasteiger partial charge in [-0.2, -0.15) is 0 Å². The summed E-state index contributed by atoms with van der Waals surface area (Å²) >= 11 is 0. The summed E-state index contributed by atoms with van der Waals surface area (Å²) in [5.41, 5.74) is 0.450. The number of nitrogens with one attached hydrogen (secondary N) is 1. The van der Waals surface area contributed by atoms with E-state index < -0.39 is 48.8 Å². The Balaban J connectivity index is 3.05. The van der Waals surface area contributed by atoms with Gasteiger partial charge in [-0.15, -0.1) is 0 Å². The summed E-state index contributed by atoms with van der Waals surface area (Å²) in [4.78, 5) is 48.6. The Kier molecular flexibility index (Phi) is 15.0. The maximum Gasteiger partial charge on any atom is 0.514 e. The molecule has 0 aliphatic rings. The predicted octanol–water partition coefficient (Wildman–Crippen LogP) is 5.73. The normalized spacial score (nSPS) is 14.8. The second kappa shape index (κ2) is 17.3. The molecule has 1 rings (SSSR count). The minimum Gasteiger partial charge on any atom is -0.480 e. The molecule has 0 heterocycles. The molecule has 1 aromatic rings. The lowest BCUT2D eigenvalue weighted by molar-refractivity contribution is -0.139. The Hall–Kier alpha value is -3.54. The Morgan fingerprint density at radius 2 is 1.24 bits per heavy atom. The molecule has 0 saturated heterocycles. The third kappa shape index (κ3) is 13.6. The van der Waals surface area contributed by atoms with Crippen LogP contribution in [-0.4, -0.2) is 66.5 Å². The number of aliphatic carboxylic acids is 1. The zero-order valence-corrected chi connectivity index (χ0v) is 25.4. The second-order valence-corrected chi connectivity index (χ2v) is 10.6. The fraction of sp³-hybridized carbons (Fsp3) is 0.655. The highest BCUT2D eigenvalue weighted by atomic mass is 16.8. The standard InChI is InChI=1S/C29H45NO11/c1-10-18(6)36-27(33)37-19(7)15-30-23(26(31)32)13-22-11-12-24(40-28(34)38-20(8)16(2)3)25(14-22)41-29(35)39-21(9)17(4)5/h11-12,14,16-21,23,30H,10,13,15H2,1-9H3,(H,31,32)/t18?,19?,20?,21?,23-/m0/s1. The zero-order chi connectivity index (χ0) is 31.3. The smallest absolute Gasteiger partial charge is 0.480 e. The highest BCUT2D eigenvalue weighted by molar-refractivity contribution is 5.74. The maximum absolute atomic E-state index is 12.5. The van der Waals surface area contributed by atoms with Crippen molar-refractivity contribution in [2.45, 2.75) is 106 Å². The summed E-state index contributed by atoms with van der Waals surface area (Å²) < 4.78 is 31.4. The largest absolute Gasteiger partial charge is 0.514 e. The number of benzene rings is 1. The fourth-order valence-electron chi connectivity index (χ4n) is 2.92. The lowest BCUT2D eigenvalue weighted by atomic mass is 10.0. The van der Waals surface area contributed by atoms with Crippen LogP contribution < -0.4 is 14.8 Å². The number of carbonyl (C=O) groups excluding carboxylic acids is 3. The van der Waals surface area contributed by atoms with E-state index >= 15 is 0 Å². The molecule has 12 heteroatoms. The Morgan fingerprint density at radius 1 is 0.732 bits per heavy atom. The molecule has 0 radical (unpaired) electrons. The van der Waals surface area contributed by atoms with Crippen molar-refractivity contribution in [3.63, 3.8) is 0 Å². The first-order chi connectivity index (χ1) is 19.1. The van der Waals surface area contributed by atoms with Crippen molar-refractivity contribution >= 4 is 24.4 Å². The molecule has 4 unspecified atom stereocenters. The lowest BCUT2D eigenvalue weighted by Gasteiger charge is -2.20. The van der Waals surface area contributed by atoms with E-state index in [1.165, 1.54) is 18.2 Å². The minimum atomic E-state index is -1.15. The number of rotatable bonds is 15. The number of ether oxygens (including phenoxy) is 6. The first kappa shape index (κ1) is 35.5. The van der Waals surface area contributed by atoms with Crippen LogP contribution in [0.2, 0.25) is 0 Å². The molecule has 0 spiro atoms. The molecule has 232 valence electrons. The molecule has 1 aromatic carbocycles. The van der Waals surface area contributed by atoms with E-state index in [9.17, 15) is 24.3 Å². The van der Waals surface area contributed by atoms with Gasteiger partial charge in [-0.1, -0.05) is 40.7 Å². The lowest BCUT2D eigenvalue weighted by Crippen LogP contribution is -2.42. The van der Waals surface area contributed by atoms with Crippen molar-refractivity contribution in [2.75, 3.05) is 6.54 Å². The van der Waals surface area contributed by atoms with E-state index in [1.54, 1.807) is 27.7 Å². The van der Waals surface area contributed by atoms with E-state index in [2.05, 4.69) is 5.32 Å². The molecular formula is C29H45NO11. The van der Waals surface area contributed by atoms with Gasteiger partial charge >= 0.3 is 24.4 Å². The first-order valence-electron chi connectivity index (χ1n) is 13.9. The fourth-order valence-corrected chi connectivity index (χ4v) is 2.92. The van der Waals surface area contributed by atoms with Crippen LogP contribution in [-0.2, 0) is 30.2 Å². The third-order valence-corrected chi connectivity index (χ3v) is 6.40. The Bertz CT molecular complexity index is 1010. The van der Waals surface area contributed by atoms with Crippen molar-refractivity contribution in [1.29, 1.82) is 0 Å². The third-order valence-electron chi connectivity index (χ3n) is 6.40. The molecule has 12 nitrogen and oxygen atoms in total. The van der Waals surface area contributed by atoms with Crippen LogP contribution in [0, 0.1) is 11.8 Å². The molecule has 0 aliphatic heterocycles. The molecule has 0 aromatic heterocycles. The average Bonchev–Trinajstić information content (AvgIpc) is 2.87. The number of carboxylic acids is 1. The van der Waals surface area contributed by atoms with E-state index in [0.717, 1.165) is 0 Å². The van der Waals surface area contributed by atoms with Crippen LogP contribution in [0.1, 0.15) is 74.3 Å². The number of hydrogen-bond acceptors (Lipinski definition) is 11. The first-order valence-corrected chi connectivity index (χ1v) is 13.9. The topological polar surface area (TPSA) is 156 Å². The molecule has 41 heavy (non-hydrogen) atoms. The van der Waals surface area contributed by atoms with Crippen LogP contribution in [0.3, 0.4) is 0 Å².